The Balaban J connectivity index is 0.00000220. The molecule has 2 aliphatic rings. The molecule has 0 aliphatic carbocycles. The second-order valence-electron chi connectivity index (χ2n) is 6.25. The molecule has 0 bridgehead atoms. The van der Waals surface area contributed by atoms with Gasteiger partial charge >= 0.3 is 0 Å². The van der Waals surface area contributed by atoms with E-state index in [1.54, 1.807) is 0 Å². The van der Waals surface area contributed by atoms with Crippen LogP contribution >= 0.6 is 12.4 Å². The first-order valence-corrected chi connectivity index (χ1v) is 9.13. The van der Waals surface area contributed by atoms with Gasteiger partial charge in [-0.05, 0) is 39.2 Å². The van der Waals surface area contributed by atoms with Crippen molar-refractivity contribution < 1.29 is 13.2 Å². The van der Waals surface area contributed by atoms with E-state index in [0.29, 0.717) is 25.9 Å². The van der Waals surface area contributed by atoms with E-state index in [4.69, 9.17) is 0 Å². The molecule has 0 aromatic carbocycles. The van der Waals surface area contributed by atoms with Crippen LogP contribution in [0.25, 0.3) is 0 Å². The van der Waals surface area contributed by atoms with Crippen LogP contribution in [0.2, 0.25) is 0 Å². The van der Waals surface area contributed by atoms with Gasteiger partial charge in [-0.2, -0.15) is 0 Å². The summed E-state index contributed by atoms with van der Waals surface area (Å²) in [5.74, 6) is 0.0995. The molecule has 2 heterocycles. The molecule has 2 aliphatic heterocycles. The molecular formula is C13H26ClN3O3S. The summed E-state index contributed by atoms with van der Waals surface area (Å²) in [7, 11) is -3.10. The van der Waals surface area contributed by atoms with Gasteiger partial charge in [0.15, 0.2) is 0 Å². The van der Waals surface area contributed by atoms with Gasteiger partial charge in [0.2, 0.25) is 15.9 Å². The lowest BCUT2D eigenvalue weighted by Crippen LogP contribution is -2.53. The average Bonchev–Trinajstić information content (AvgIpc) is 2.39. The number of carbonyl (C=O) groups is 1. The van der Waals surface area contributed by atoms with Crippen molar-refractivity contribution in [1.29, 1.82) is 0 Å². The monoisotopic (exact) mass is 339 g/mol. The van der Waals surface area contributed by atoms with E-state index in [-0.39, 0.29) is 29.8 Å². The van der Waals surface area contributed by atoms with Crippen molar-refractivity contribution >= 4 is 28.3 Å². The van der Waals surface area contributed by atoms with Crippen molar-refractivity contribution in [3.05, 3.63) is 0 Å². The number of nitrogens with zero attached hydrogens (tertiary/aromatic N) is 1. The number of sulfonamides is 1. The maximum atomic E-state index is 12.4. The standard InChI is InChI=1S/C13H25N3O3S.ClH/c1-13(6-3-7-14-10-13)12(17)15-11-4-8-16(9-5-11)20(2,18)19;/h11,14H,3-10H2,1-2H3,(H,15,17);1H. The van der Waals surface area contributed by atoms with Crippen LogP contribution in [0.4, 0.5) is 0 Å². The smallest absolute Gasteiger partial charge is 0.227 e. The van der Waals surface area contributed by atoms with Crippen LogP contribution in [0.5, 0.6) is 0 Å². The fourth-order valence-electron chi connectivity index (χ4n) is 2.94. The molecule has 124 valence electrons. The van der Waals surface area contributed by atoms with Gasteiger partial charge in [-0.15, -0.1) is 12.4 Å². The SMILES string of the molecule is CC1(C(=O)NC2CCN(S(C)(=O)=O)CC2)CCCNC1.Cl. The third-order valence-electron chi connectivity index (χ3n) is 4.40. The summed E-state index contributed by atoms with van der Waals surface area (Å²) in [4.78, 5) is 12.4. The lowest BCUT2D eigenvalue weighted by atomic mass is 9.81. The number of piperidine rings is 2. The fourth-order valence-corrected chi connectivity index (χ4v) is 3.82. The Labute approximate surface area is 133 Å². The first kappa shape index (κ1) is 18.7. The molecule has 1 atom stereocenters. The lowest BCUT2D eigenvalue weighted by Gasteiger charge is -2.36. The molecule has 0 spiro atoms. The van der Waals surface area contributed by atoms with E-state index in [1.165, 1.54) is 10.6 Å². The molecule has 0 saturated carbocycles. The van der Waals surface area contributed by atoms with Crippen molar-refractivity contribution in [2.24, 2.45) is 5.41 Å². The Bertz CT molecular complexity index is 455. The number of amides is 1. The van der Waals surface area contributed by atoms with E-state index in [1.807, 2.05) is 6.92 Å². The van der Waals surface area contributed by atoms with Crippen LogP contribution in [0.3, 0.4) is 0 Å². The second-order valence-corrected chi connectivity index (χ2v) is 8.23. The zero-order valence-corrected chi connectivity index (χ0v) is 14.4. The molecule has 1 amide bonds. The molecule has 2 N–H and O–H groups in total. The van der Waals surface area contributed by atoms with Crippen LogP contribution in [-0.4, -0.2) is 57.1 Å². The number of halogens is 1. The van der Waals surface area contributed by atoms with Crippen molar-refractivity contribution in [2.75, 3.05) is 32.4 Å². The maximum Gasteiger partial charge on any atom is 0.227 e. The number of rotatable bonds is 3. The lowest BCUT2D eigenvalue weighted by molar-refractivity contribution is -0.132. The van der Waals surface area contributed by atoms with Gasteiger partial charge < -0.3 is 10.6 Å². The zero-order valence-electron chi connectivity index (χ0n) is 12.7. The quantitative estimate of drug-likeness (QED) is 0.777. The molecule has 0 radical (unpaired) electrons. The summed E-state index contributed by atoms with van der Waals surface area (Å²) < 4.78 is 24.4. The number of nitrogens with one attached hydrogen (secondary N) is 2. The highest BCUT2D eigenvalue weighted by molar-refractivity contribution is 7.88. The van der Waals surface area contributed by atoms with Gasteiger partial charge in [-0.25, -0.2) is 12.7 Å². The topological polar surface area (TPSA) is 78.5 Å². The molecule has 8 heteroatoms. The summed E-state index contributed by atoms with van der Waals surface area (Å²) >= 11 is 0. The van der Waals surface area contributed by atoms with Crippen molar-refractivity contribution in [2.45, 2.75) is 38.6 Å². The summed E-state index contributed by atoms with van der Waals surface area (Å²) in [5, 5.41) is 6.37. The van der Waals surface area contributed by atoms with Gasteiger partial charge in [-0.1, -0.05) is 0 Å². The van der Waals surface area contributed by atoms with Crippen LogP contribution in [0.15, 0.2) is 0 Å². The Morgan fingerprint density at radius 1 is 1.33 bits per heavy atom. The first-order valence-electron chi connectivity index (χ1n) is 7.28. The number of hydrogen-bond acceptors (Lipinski definition) is 4. The molecule has 2 saturated heterocycles. The zero-order chi connectivity index (χ0) is 14.8. The summed E-state index contributed by atoms with van der Waals surface area (Å²) in [6.45, 7) is 4.70. The fraction of sp³-hybridized carbons (Fsp3) is 0.923. The number of hydrogen-bond donors (Lipinski definition) is 2. The minimum atomic E-state index is -3.10. The van der Waals surface area contributed by atoms with Crippen molar-refractivity contribution in [3.63, 3.8) is 0 Å². The first-order chi connectivity index (χ1) is 9.31. The van der Waals surface area contributed by atoms with Gasteiger partial charge in [0.25, 0.3) is 0 Å². The second kappa shape index (κ2) is 7.26. The Morgan fingerprint density at radius 2 is 1.95 bits per heavy atom. The van der Waals surface area contributed by atoms with Gasteiger partial charge in [-0.3, -0.25) is 4.79 Å². The third kappa shape index (κ3) is 4.81. The Hall–Kier alpha value is -0.370. The van der Waals surface area contributed by atoms with Gasteiger partial charge in [0, 0.05) is 25.7 Å². The van der Waals surface area contributed by atoms with E-state index in [2.05, 4.69) is 10.6 Å². The third-order valence-corrected chi connectivity index (χ3v) is 5.71. The number of carbonyl (C=O) groups excluding carboxylic acids is 1. The highest BCUT2D eigenvalue weighted by Crippen LogP contribution is 2.26. The highest BCUT2D eigenvalue weighted by Gasteiger charge is 2.36. The summed E-state index contributed by atoms with van der Waals surface area (Å²) in [6, 6.07) is 0.0965. The minimum absolute atomic E-state index is 0. The van der Waals surface area contributed by atoms with Crippen molar-refractivity contribution in [3.8, 4) is 0 Å². The molecule has 2 rings (SSSR count). The Morgan fingerprint density at radius 3 is 2.43 bits per heavy atom. The molecular weight excluding hydrogens is 314 g/mol. The van der Waals surface area contributed by atoms with Crippen LogP contribution in [0, 0.1) is 5.41 Å². The molecule has 2 fully saturated rings. The van der Waals surface area contributed by atoms with Gasteiger partial charge in [0.05, 0.1) is 11.7 Å². The predicted molar refractivity (Wildman–Crippen MR) is 85.0 cm³/mol. The highest BCUT2D eigenvalue weighted by atomic mass is 35.5. The average molecular weight is 340 g/mol. The summed E-state index contributed by atoms with van der Waals surface area (Å²) in [6.07, 6.45) is 4.57. The van der Waals surface area contributed by atoms with Crippen molar-refractivity contribution in [1.82, 2.24) is 14.9 Å². The largest absolute Gasteiger partial charge is 0.353 e. The predicted octanol–water partition coefficient (Wildman–Crippen LogP) is 0.338. The summed E-state index contributed by atoms with van der Waals surface area (Å²) in [5.41, 5.74) is -0.327. The van der Waals surface area contributed by atoms with Gasteiger partial charge in [0.1, 0.15) is 0 Å². The van der Waals surface area contributed by atoms with Crippen LogP contribution in [0.1, 0.15) is 32.6 Å². The van der Waals surface area contributed by atoms with E-state index in [9.17, 15) is 13.2 Å². The van der Waals surface area contributed by atoms with E-state index < -0.39 is 10.0 Å². The van der Waals surface area contributed by atoms with E-state index in [0.717, 1.165) is 25.9 Å². The molecule has 6 nitrogen and oxygen atoms in total. The van der Waals surface area contributed by atoms with E-state index >= 15 is 0 Å². The minimum Gasteiger partial charge on any atom is -0.353 e. The molecule has 21 heavy (non-hydrogen) atoms. The maximum absolute atomic E-state index is 12.4. The molecule has 0 aromatic heterocycles. The normalized spacial score (nSPS) is 28.7. The van der Waals surface area contributed by atoms with Crippen LogP contribution in [-0.2, 0) is 14.8 Å². The molecule has 0 aromatic rings. The van der Waals surface area contributed by atoms with Crippen LogP contribution < -0.4 is 10.6 Å². The molecule has 1 unspecified atom stereocenters. The Kier molecular flexibility index (Phi) is 6.46.